The Labute approximate surface area is 206 Å². The quantitative estimate of drug-likeness (QED) is 0.256. The minimum Gasteiger partial charge on any atom is -0.444 e. The molecule has 4 amide bonds. The smallest absolute Gasteiger partial charge is 0.408 e. The van der Waals surface area contributed by atoms with Crippen molar-refractivity contribution < 1.29 is 29.0 Å². The SMILES string of the molecule is C#Cc1ccccc1C(C(=O)NCCCC)N(CCO)C(=O)C(CC(N)=O)NC(=O)OC(C)(C)C. The Bertz CT molecular complexity index is 935. The Morgan fingerprint density at radius 2 is 1.89 bits per heavy atom. The molecular formula is C25H36N4O6. The number of aliphatic hydroxyl groups is 1. The number of nitrogens with two attached hydrogens (primary N) is 1. The summed E-state index contributed by atoms with van der Waals surface area (Å²) >= 11 is 0. The summed E-state index contributed by atoms with van der Waals surface area (Å²) in [6, 6.07) is 3.95. The first-order valence-corrected chi connectivity index (χ1v) is 11.5. The number of amides is 4. The third-order valence-electron chi connectivity index (χ3n) is 4.82. The number of rotatable bonds is 12. The maximum atomic E-state index is 13.6. The zero-order chi connectivity index (χ0) is 26.6. The Balaban J connectivity index is 3.47. The summed E-state index contributed by atoms with van der Waals surface area (Å²) < 4.78 is 5.21. The molecule has 0 fully saturated rings. The van der Waals surface area contributed by atoms with Crippen LogP contribution in [0, 0.1) is 12.3 Å². The largest absolute Gasteiger partial charge is 0.444 e. The van der Waals surface area contributed by atoms with Crippen molar-refractivity contribution in [3.8, 4) is 12.3 Å². The van der Waals surface area contributed by atoms with Crippen LogP contribution >= 0.6 is 0 Å². The number of carbonyl (C=O) groups excluding carboxylic acids is 4. The summed E-state index contributed by atoms with van der Waals surface area (Å²) in [6.45, 7) is 6.50. The number of alkyl carbamates (subject to hydrolysis) is 1. The van der Waals surface area contributed by atoms with Crippen LogP contribution < -0.4 is 16.4 Å². The molecule has 5 N–H and O–H groups in total. The van der Waals surface area contributed by atoms with E-state index in [4.69, 9.17) is 16.9 Å². The highest BCUT2D eigenvalue weighted by molar-refractivity contribution is 5.94. The van der Waals surface area contributed by atoms with E-state index in [0.717, 1.165) is 11.3 Å². The van der Waals surface area contributed by atoms with Crippen LogP contribution in [0.4, 0.5) is 4.79 Å². The van der Waals surface area contributed by atoms with Crippen LogP contribution in [0.25, 0.3) is 0 Å². The van der Waals surface area contributed by atoms with Crippen molar-refractivity contribution in [2.24, 2.45) is 5.73 Å². The van der Waals surface area contributed by atoms with Crippen LogP contribution in [-0.4, -0.2) is 65.2 Å². The van der Waals surface area contributed by atoms with Crippen molar-refractivity contribution in [3.05, 3.63) is 35.4 Å². The molecule has 0 radical (unpaired) electrons. The third kappa shape index (κ3) is 9.66. The molecule has 35 heavy (non-hydrogen) atoms. The molecule has 2 unspecified atom stereocenters. The first kappa shape index (κ1) is 29.5. The average Bonchev–Trinajstić information content (AvgIpc) is 2.76. The lowest BCUT2D eigenvalue weighted by molar-refractivity contribution is -0.143. The van der Waals surface area contributed by atoms with Crippen LogP contribution in [-0.2, 0) is 19.1 Å². The van der Waals surface area contributed by atoms with Gasteiger partial charge in [0.2, 0.25) is 17.7 Å². The van der Waals surface area contributed by atoms with E-state index in [9.17, 15) is 24.3 Å². The van der Waals surface area contributed by atoms with Gasteiger partial charge in [-0.25, -0.2) is 4.79 Å². The van der Waals surface area contributed by atoms with Crippen molar-refractivity contribution in [2.45, 2.75) is 64.6 Å². The van der Waals surface area contributed by atoms with Gasteiger partial charge in [0.1, 0.15) is 17.7 Å². The normalized spacial score (nSPS) is 12.6. The summed E-state index contributed by atoms with van der Waals surface area (Å²) in [5.41, 5.74) is 5.21. The van der Waals surface area contributed by atoms with Crippen LogP contribution in [0.5, 0.6) is 0 Å². The van der Waals surface area contributed by atoms with Crippen molar-refractivity contribution in [1.29, 1.82) is 0 Å². The number of aliphatic hydroxyl groups excluding tert-OH is 1. The minimum atomic E-state index is -1.43. The fourth-order valence-corrected chi connectivity index (χ4v) is 3.33. The highest BCUT2D eigenvalue weighted by Crippen LogP contribution is 2.26. The molecule has 0 aliphatic rings. The Hall–Kier alpha value is -3.58. The second kappa shape index (κ2) is 14.0. The number of nitrogens with zero attached hydrogens (tertiary/aromatic N) is 1. The highest BCUT2D eigenvalue weighted by atomic mass is 16.6. The molecule has 0 bridgehead atoms. The van der Waals surface area contributed by atoms with Gasteiger partial charge < -0.3 is 31.1 Å². The highest BCUT2D eigenvalue weighted by Gasteiger charge is 2.37. The first-order chi connectivity index (χ1) is 16.4. The molecule has 0 heterocycles. The molecule has 10 nitrogen and oxygen atoms in total. The fraction of sp³-hybridized carbons (Fsp3) is 0.520. The molecule has 1 aromatic rings. The number of nitrogens with one attached hydrogen (secondary N) is 2. The summed E-state index contributed by atoms with van der Waals surface area (Å²) in [7, 11) is 0. The van der Waals surface area contributed by atoms with Gasteiger partial charge in [-0.1, -0.05) is 37.5 Å². The molecule has 10 heteroatoms. The fourth-order valence-electron chi connectivity index (χ4n) is 3.33. The Kier molecular flexibility index (Phi) is 11.8. The number of hydrogen-bond acceptors (Lipinski definition) is 6. The van der Waals surface area contributed by atoms with Gasteiger partial charge in [-0.05, 0) is 38.8 Å². The van der Waals surface area contributed by atoms with Crippen molar-refractivity contribution >= 4 is 23.8 Å². The molecule has 0 aromatic heterocycles. The van der Waals surface area contributed by atoms with E-state index in [-0.39, 0.29) is 6.54 Å². The third-order valence-corrected chi connectivity index (χ3v) is 4.82. The molecule has 1 aromatic carbocycles. The van der Waals surface area contributed by atoms with E-state index in [2.05, 4.69) is 16.6 Å². The molecule has 2 atom stereocenters. The maximum absolute atomic E-state index is 13.6. The van der Waals surface area contributed by atoms with E-state index in [1.807, 2.05) is 6.92 Å². The van der Waals surface area contributed by atoms with Crippen molar-refractivity contribution in [2.75, 3.05) is 19.7 Å². The van der Waals surface area contributed by atoms with E-state index in [1.165, 1.54) is 0 Å². The zero-order valence-electron chi connectivity index (χ0n) is 20.8. The van der Waals surface area contributed by atoms with Gasteiger partial charge in [0.05, 0.1) is 13.0 Å². The predicted molar refractivity (Wildman–Crippen MR) is 131 cm³/mol. The monoisotopic (exact) mass is 488 g/mol. The second-order valence-corrected chi connectivity index (χ2v) is 8.90. The molecular weight excluding hydrogens is 452 g/mol. The summed E-state index contributed by atoms with van der Waals surface area (Å²) in [5, 5.41) is 14.9. The first-order valence-electron chi connectivity index (χ1n) is 11.5. The molecule has 0 saturated carbocycles. The van der Waals surface area contributed by atoms with Gasteiger partial charge in [-0.15, -0.1) is 6.42 Å². The zero-order valence-corrected chi connectivity index (χ0v) is 20.8. The van der Waals surface area contributed by atoms with Crippen LogP contribution in [0.2, 0.25) is 0 Å². The van der Waals surface area contributed by atoms with Gasteiger partial charge in [0, 0.05) is 18.7 Å². The Morgan fingerprint density at radius 3 is 2.43 bits per heavy atom. The number of hydrogen-bond donors (Lipinski definition) is 4. The van der Waals surface area contributed by atoms with Crippen molar-refractivity contribution in [3.63, 3.8) is 0 Å². The molecule has 0 aliphatic heterocycles. The maximum Gasteiger partial charge on any atom is 0.408 e. The average molecular weight is 489 g/mol. The van der Waals surface area contributed by atoms with E-state index >= 15 is 0 Å². The van der Waals surface area contributed by atoms with Gasteiger partial charge >= 0.3 is 6.09 Å². The summed E-state index contributed by atoms with van der Waals surface area (Å²) in [6.07, 6.45) is 5.72. The molecule has 0 spiro atoms. The van der Waals surface area contributed by atoms with Gasteiger partial charge in [0.25, 0.3) is 0 Å². The minimum absolute atomic E-state index is 0.269. The van der Waals surface area contributed by atoms with E-state index < -0.39 is 54.5 Å². The van der Waals surface area contributed by atoms with Crippen LogP contribution in [0.3, 0.4) is 0 Å². The number of benzene rings is 1. The van der Waals surface area contributed by atoms with E-state index in [0.29, 0.717) is 24.1 Å². The molecule has 1 rings (SSSR count). The van der Waals surface area contributed by atoms with Crippen LogP contribution in [0.15, 0.2) is 24.3 Å². The molecule has 0 aliphatic carbocycles. The lowest BCUT2D eigenvalue weighted by Crippen LogP contribution is -2.54. The summed E-state index contributed by atoms with van der Waals surface area (Å²) in [5.74, 6) is 0.343. The lowest BCUT2D eigenvalue weighted by Gasteiger charge is -2.34. The molecule has 192 valence electrons. The van der Waals surface area contributed by atoms with Gasteiger partial charge in [0.15, 0.2) is 0 Å². The Morgan fingerprint density at radius 1 is 1.23 bits per heavy atom. The van der Waals surface area contributed by atoms with E-state index in [1.54, 1.807) is 45.0 Å². The second-order valence-electron chi connectivity index (χ2n) is 8.90. The number of primary amides is 1. The lowest BCUT2D eigenvalue weighted by atomic mass is 9.97. The topological polar surface area (TPSA) is 151 Å². The number of unbranched alkanes of at least 4 members (excludes halogenated alkanes) is 1. The van der Waals surface area contributed by atoms with Crippen LogP contribution in [0.1, 0.15) is 64.1 Å². The molecule has 0 saturated heterocycles. The predicted octanol–water partition coefficient (Wildman–Crippen LogP) is 1.21. The van der Waals surface area contributed by atoms with Crippen molar-refractivity contribution in [1.82, 2.24) is 15.5 Å². The van der Waals surface area contributed by atoms with Gasteiger partial charge in [-0.3, -0.25) is 14.4 Å². The number of terminal acetylenes is 1. The standard InChI is InChI=1S/C25H36N4O6/c1-6-8-13-27-22(32)21(18-12-10-9-11-17(18)7-2)29(14-15-30)23(33)19(16-20(26)31)28-24(34)35-25(3,4)5/h2,9-12,19,21,30H,6,8,13-16H2,1,3-5H3,(H2,26,31)(H,27,32)(H,28,34). The summed E-state index contributed by atoms with van der Waals surface area (Å²) in [4.78, 5) is 52.1. The van der Waals surface area contributed by atoms with Gasteiger partial charge in [-0.2, -0.15) is 0 Å². The number of ether oxygens (including phenoxy) is 1. The number of carbonyl (C=O) groups is 4.